The van der Waals surface area contributed by atoms with Gasteiger partial charge in [0.15, 0.2) is 18.9 Å². The summed E-state index contributed by atoms with van der Waals surface area (Å²) in [6, 6.07) is -1.76. The van der Waals surface area contributed by atoms with Crippen molar-refractivity contribution in [3.63, 3.8) is 0 Å². The molecule has 0 radical (unpaired) electrons. The maximum Gasteiger partial charge on any atom is 0.176 e. The van der Waals surface area contributed by atoms with E-state index >= 15 is 0 Å². The monoisotopic (exact) mass is 468 g/mol. The molecule has 3 saturated heterocycles. The molecule has 3 aliphatic heterocycles. The van der Waals surface area contributed by atoms with Crippen LogP contribution in [0.1, 0.15) is 19.8 Å². The number of aliphatic hydroxyl groups is 6. The summed E-state index contributed by atoms with van der Waals surface area (Å²) in [6.07, 6.45) is -9.17. The van der Waals surface area contributed by atoms with E-state index in [0.717, 1.165) is 0 Å². The zero-order valence-corrected chi connectivity index (χ0v) is 17.9. The Bertz CT molecular complexity index is 587. The third-order valence-electron chi connectivity index (χ3n) is 6.30. The van der Waals surface area contributed by atoms with Crippen LogP contribution < -0.4 is 11.5 Å². The fraction of sp³-hybridized carbons (Fsp3) is 1.00. The van der Waals surface area contributed by atoms with Gasteiger partial charge in [0.2, 0.25) is 0 Å². The molecule has 0 aromatic rings. The second-order valence-corrected chi connectivity index (χ2v) is 8.72. The van der Waals surface area contributed by atoms with Crippen molar-refractivity contribution in [1.29, 1.82) is 0 Å². The molecular formula is C19H36N2O11. The lowest BCUT2D eigenvalue weighted by molar-refractivity contribution is -0.331. The predicted molar refractivity (Wildman–Crippen MR) is 106 cm³/mol. The molecular weight excluding hydrogens is 432 g/mol. The standard InChI is InChI=1S/C19H36N2O11/c1-7-2-9(30-19-14(21)16(26)15(25)13(6-24)32-19)12(5-23)31-18(7)29-10-3-8(20)17(27)28-11(10)4-22/h7-19,22-27H,2-6,20-21H2,1H3/t7?,8?,9-,10-,11?,12?,13?,14?,15+,16+,17+,18+,19+/m0/s1. The summed E-state index contributed by atoms with van der Waals surface area (Å²) < 4.78 is 28.6. The minimum absolute atomic E-state index is 0.228. The molecule has 0 saturated carbocycles. The molecule has 32 heavy (non-hydrogen) atoms. The highest BCUT2D eigenvalue weighted by Crippen LogP contribution is 2.33. The Balaban J connectivity index is 1.62. The second kappa shape index (κ2) is 11.3. The zero-order valence-electron chi connectivity index (χ0n) is 17.9. The van der Waals surface area contributed by atoms with Crippen LogP contribution in [0.25, 0.3) is 0 Å². The largest absolute Gasteiger partial charge is 0.394 e. The summed E-state index contributed by atoms with van der Waals surface area (Å²) in [6.45, 7) is 0.532. The first-order valence-electron chi connectivity index (χ1n) is 10.8. The van der Waals surface area contributed by atoms with Gasteiger partial charge in [-0.25, -0.2) is 0 Å². The third kappa shape index (κ3) is 5.58. The van der Waals surface area contributed by atoms with Crippen molar-refractivity contribution in [1.82, 2.24) is 0 Å². The van der Waals surface area contributed by atoms with Gasteiger partial charge in [-0.1, -0.05) is 6.92 Å². The zero-order chi connectivity index (χ0) is 23.6. The van der Waals surface area contributed by atoms with Crippen LogP contribution in [-0.4, -0.2) is 124 Å². The van der Waals surface area contributed by atoms with Crippen LogP contribution >= 0.6 is 0 Å². The van der Waals surface area contributed by atoms with Gasteiger partial charge in [0.25, 0.3) is 0 Å². The van der Waals surface area contributed by atoms with Gasteiger partial charge in [-0.15, -0.1) is 0 Å². The van der Waals surface area contributed by atoms with Crippen LogP contribution in [0.3, 0.4) is 0 Å². The van der Waals surface area contributed by atoms with Crippen molar-refractivity contribution in [2.75, 3.05) is 19.8 Å². The molecule has 0 amide bonds. The average Bonchev–Trinajstić information content (AvgIpc) is 2.77. The fourth-order valence-corrected chi connectivity index (χ4v) is 4.27. The topological polar surface area (TPSA) is 220 Å². The number of hydrogen-bond acceptors (Lipinski definition) is 13. The minimum Gasteiger partial charge on any atom is -0.394 e. The summed E-state index contributed by atoms with van der Waals surface area (Å²) in [5, 5.41) is 58.6. The highest BCUT2D eigenvalue weighted by Gasteiger charge is 2.47. The molecule has 13 heteroatoms. The normalized spacial score (nSPS) is 50.3. The number of aliphatic hydroxyl groups excluding tert-OH is 6. The second-order valence-electron chi connectivity index (χ2n) is 8.72. The van der Waals surface area contributed by atoms with Gasteiger partial charge in [-0.2, -0.15) is 0 Å². The van der Waals surface area contributed by atoms with Crippen LogP contribution in [0.15, 0.2) is 0 Å². The van der Waals surface area contributed by atoms with Crippen molar-refractivity contribution < 1.29 is 54.3 Å². The van der Waals surface area contributed by atoms with E-state index < -0.39 is 86.9 Å². The van der Waals surface area contributed by atoms with E-state index in [-0.39, 0.29) is 18.9 Å². The Morgan fingerprint density at radius 1 is 0.750 bits per heavy atom. The molecule has 188 valence electrons. The van der Waals surface area contributed by atoms with E-state index in [4.69, 9.17) is 35.2 Å². The maximum atomic E-state index is 10.1. The van der Waals surface area contributed by atoms with Gasteiger partial charge in [-0.05, 0) is 12.8 Å². The predicted octanol–water partition coefficient (Wildman–Crippen LogP) is -4.31. The first-order chi connectivity index (χ1) is 15.2. The Morgan fingerprint density at radius 2 is 1.28 bits per heavy atom. The Labute approximate surface area is 185 Å². The van der Waals surface area contributed by atoms with Gasteiger partial charge in [0, 0.05) is 5.92 Å². The van der Waals surface area contributed by atoms with Crippen LogP contribution in [0.2, 0.25) is 0 Å². The summed E-state index contributed by atoms with van der Waals surface area (Å²) in [5.74, 6) is -0.228. The van der Waals surface area contributed by atoms with Gasteiger partial charge >= 0.3 is 0 Å². The molecule has 3 aliphatic rings. The quantitative estimate of drug-likeness (QED) is 0.177. The summed E-state index contributed by atoms with van der Waals surface area (Å²) in [7, 11) is 0. The Kier molecular flexibility index (Phi) is 9.19. The van der Waals surface area contributed by atoms with Crippen molar-refractivity contribution in [3.05, 3.63) is 0 Å². The highest BCUT2D eigenvalue weighted by molar-refractivity contribution is 4.93. The molecule has 3 rings (SSSR count). The molecule has 13 atom stereocenters. The average molecular weight is 469 g/mol. The molecule has 0 bridgehead atoms. The molecule has 0 aromatic carbocycles. The van der Waals surface area contributed by atoms with Gasteiger partial charge < -0.3 is 65.8 Å². The minimum atomic E-state index is -1.36. The number of nitrogens with two attached hydrogens (primary N) is 2. The third-order valence-corrected chi connectivity index (χ3v) is 6.30. The van der Waals surface area contributed by atoms with E-state index in [1.165, 1.54) is 0 Å². The molecule has 0 aliphatic carbocycles. The molecule has 3 heterocycles. The lowest BCUT2D eigenvalue weighted by Crippen LogP contribution is -2.64. The van der Waals surface area contributed by atoms with Gasteiger partial charge in [0.05, 0.1) is 44.1 Å². The van der Waals surface area contributed by atoms with Gasteiger partial charge in [0.1, 0.15) is 30.5 Å². The van der Waals surface area contributed by atoms with E-state index in [1.807, 2.05) is 6.92 Å². The molecule has 0 spiro atoms. The van der Waals surface area contributed by atoms with E-state index in [9.17, 15) is 30.6 Å². The first-order valence-corrected chi connectivity index (χ1v) is 10.8. The SMILES string of the molecule is CC1C[C@H](O[C@@H]2OC(CO)[C@@H](O)[C@H](O)C2N)C(CO)O[C@H]1O[C@H]1CC(N)[C@H](O)OC1CO. The Morgan fingerprint density at radius 3 is 1.91 bits per heavy atom. The lowest BCUT2D eigenvalue weighted by atomic mass is 9.94. The van der Waals surface area contributed by atoms with Crippen LogP contribution in [0.4, 0.5) is 0 Å². The van der Waals surface area contributed by atoms with Gasteiger partial charge in [-0.3, -0.25) is 0 Å². The van der Waals surface area contributed by atoms with E-state index in [1.54, 1.807) is 0 Å². The van der Waals surface area contributed by atoms with E-state index in [2.05, 4.69) is 0 Å². The summed E-state index contributed by atoms with van der Waals surface area (Å²) >= 11 is 0. The maximum absolute atomic E-state index is 10.1. The molecule has 13 nitrogen and oxygen atoms in total. The van der Waals surface area contributed by atoms with Crippen LogP contribution in [0, 0.1) is 5.92 Å². The number of rotatable bonds is 7. The smallest absolute Gasteiger partial charge is 0.176 e. The van der Waals surface area contributed by atoms with Crippen molar-refractivity contribution in [2.24, 2.45) is 17.4 Å². The van der Waals surface area contributed by atoms with E-state index in [0.29, 0.717) is 6.42 Å². The van der Waals surface area contributed by atoms with Crippen molar-refractivity contribution >= 4 is 0 Å². The molecule has 3 fully saturated rings. The van der Waals surface area contributed by atoms with Crippen LogP contribution in [-0.2, 0) is 23.7 Å². The van der Waals surface area contributed by atoms with Crippen LogP contribution in [0.5, 0.6) is 0 Å². The highest BCUT2D eigenvalue weighted by atomic mass is 16.7. The lowest BCUT2D eigenvalue weighted by Gasteiger charge is -2.46. The van der Waals surface area contributed by atoms with Crippen molar-refractivity contribution in [3.8, 4) is 0 Å². The first kappa shape index (κ1) is 26.1. The van der Waals surface area contributed by atoms with Crippen molar-refractivity contribution in [2.45, 2.75) is 93.4 Å². The molecule has 6 unspecified atom stereocenters. The molecule has 0 aromatic heterocycles. The summed E-state index contributed by atoms with van der Waals surface area (Å²) in [4.78, 5) is 0. The summed E-state index contributed by atoms with van der Waals surface area (Å²) in [5.41, 5.74) is 11.8. The number of hydrogen-bond donors (Lipinski definition) is 8. The fourth-order valence-electron chi connectivity index (χ4n) is 4.27. The number of ether oxygens (including phenoxy) is 5. The Hall–Kier alpha value is -0.520. The molecule has 10 N–H and O–H groups in total.